The summed E-state index contributed by atoms with van der Waals surface area (Å²) in [6.45, 7) is 3.59. The highest BCUT2D eigenvalue weighted by Crippen LogP contribution is 2.17. The topological polar surface area (TPSA) is 27.1 Å². The first-order valence-electron chi connectivity index (χ1n) is 5.68. The van der Waals surface area contributed by atoms with E-state index < -0.39 is 0 Å². The molecule has 3 nitrogen and oxygen atoms in total. The Balaban J connectivity index is 1.87. The number of hydrogen-bond acceptors (Lipinski definition) is 2. The van der Waals surface area contributed by atoms with Gasteiger partial charge in [-0.2, -0.15) is 0 Å². The number of aryl methyl sites for hydroxylation is 1. The average molecular weight is 295 g/mol. The number of imidazole rings is 1. The third kappa shape index (κ3) is 3.33. The van der Waals surface area contributed by atoms with E-state index in [1.54, 1.807) is 0 Å². The minimum absolute atomic E-state index is 0.653. The Kier molecular flexibility index (Phi) is 4.20. The number of halogens is 1. The number of benzene rings is 1. The molecule has 2 aromatic rings. The zero-order valence-electron chi connectivity index (χ0n) is 9.77. The van der Waals surface area contributed by atoms with Crippen LogP contribution in [0, 0.1) is 0 Å². The fraction of sp³-hybridized carbons (Fsp3) is 0.308. The molecule has 0 saturated carbocycles. The largest absolute Gasteiger partial charge is 0.492 e. The minimum atomic E-state index is 0.653. The maximum absolute atomic E-state index is 5.68. The highest BCUT2D eigenvalue weighted by Gasteiger charge is 2.00. The molecule has 0 radical (unpaired) electrons. The Bertz CT molecular complexity index is 482. The second kappa shape index (κ2) is 5.87. The average Bonchev–Trinajstić information content (AvgIpc) is 2.77. The molecule has 0 N–H and O–H groups in total. The lowest BCUT2D eigenvalue weighted by molar-refractivity contribution is 0.296. The number of aromatic nitrogens is 2. The Morgan fingerprint density at radius 1 is 1.41 bits per heavy atom. The highest BCUT2D eigenvalue weighted by molar-refractivity contribution is 9.10. The first-order valence-corrected chi connectivity index (χ1v) is 6.47. The number of rotatable bonds is 5. The Labute approximate surface area is 110 Å². The molecule has 0 aliphatic heterocycles. The molecule has 0 spiro atoms. The minimum Gasteiger partial charge on any atom is -0.492 e. The lowest BCUT2D eigenvalue weighted by Crippen LogP contribution is -2.10. The van der Waals surface area contributed by atoms with E-state index >= 15 is 0 Å². The van der Waals surface area contributed by atoms with Crippen molar-refractivity contribution >= 4 is 15.9 Å². The zero-order chi connectivity index (χ0) is 12.1. The van der Waals surface area contributed by atoms with Gasteiger partial charge in [0.25, 0.3) is 0 Å². The van der Waals surface area contributed by atoms with Crippen LogP contribution in [0.1, 0.15) is 12.7 Å². The maximum atomic E-state index is 5.68. The predicted octanol–water partition coefficient (Wildman–Crippen LogP) is 3.29. The third-order valence-corrected chi connectivity index (χ3v) is 3.01. The molecule has 2 rings (SSSR count). The van der Waals surface area contributed by atoms with Crippen molar-refractivity contribution < 1.29 is 4.74 Å². The van der Waals surface area contributed by atoms with Crippen LogP contribution < -0.4 is 4.74 Å². The van der Waals surface area contributed by atoms with Crippen LogP contribution in [-0.4, -0.2) is 16.2 Å². The van der Waals surface area contributed by atoms with Crippen molar-refractivity contribution in [3.05, 3.63) is 47.0 Å². The van der Waals surface area contributed by atoms with Crippen LogP contribution >= 0.6 is 15.9 Å². The molecule has 0 aliphatic rings. The van der Waals surface area contributed by atoms with E-state index in [2.05, 4.69) is 32.4 Å². The van der Waals surface area contributed by atoms with Crippen LogP contribution in [-0.2, 0) is 13.0 Å². The van der Waals surface area contributed by atoms with Crippen LogP contribution in [0.25, 0.3) is 0 Å². The first kappa shape index (κ1) is 12.2. The van der Waals surface area contributed by atoms with Crippen molar-refractivity contribution in [2.75, 3.05) is 6.61 Å². The maximum Gasteiger partial charge on any atom is 0.120 e. The molecule has 0 unspecified atom stereocenters. The quantitative estimate of drug-likeness (QED) is 0.846. The highest BCUT2D eigenvalue weighted by atomic mass is 79.9. The second-order valence-electron chi connectivity index (χ2n) is 3.70. The SMILES string of the molecule is CCc1nccn1CCOc1cccc(Br)c1. The normalized spacial score (nSPS) is 10.5. The van der Waals surface area contributed by atoms with Crippen LogP contribution in [0.2, 0.25) is 0 Å². The van der Waals surface area contributed by atoms with Crippen LogP contribution in [0.4, 0.5) is 0 Å². The van der Waals surface area contributed by atoms with Gasteiger partial charge in [0.15, 0.2) is 0 Å². The van der Waals surface area contributed by atoms with Gasteiger partial charge in [-0.1, -0.05) is 28.9 Å². The monoisotopic (exact) mass is 294 g/mol. The summed E-state index contributed by atoms with van der Waals surface area (Å²) in [7, 11) is 0. The van der Waals surface area contributed by atoms with Gasteiger partial charge in [0.1, 0.15) is 18.2 Å². The van der Waals surface area contributed by atoms with Crippen molar-refractivity contribution in [3.8, 4) is 5.75 Å². The molecular formula is C13H15BrN2O. The summed E-state index contributed by atoms with van der Waals surface area (Å²) in [6.07, 6.45) is 4.77. The molecule has 0 atom stereocenters. The zero-order valence-corrected chi connectivity index (χ0v) is 11.4. The van der Waals surface area contributed by atoms with Crippen molar-refractivity contribution in [2.45, 2.75) is 19.9 Å². The van der Waals surface area contributed by atoms with Gasteiger partial charge < -0.3 is 9.30 Å². The summed E-state index contributed by atoms with van der Waals surface area (Å²) in [6, 6.07) is 7.88. The molecule has 0 aliphatic carbocycles. The Morgan fingerprint density at radius 3 is 3.06 bits per heavy atom. The fourth-order valence-electron chi connectivity index (χ4n) is 1.68. The molecule has 1 aromatic carbocycles. The van der Waals surface area contributed by atoms with E-state index in [4.69, 9.17) is 4.74 Å². The predicted molar refractivity (Wildman–Crippen MR) is 71.2 cm³/mol. The summed E-state index contributed by atoms with van der Waals surface area (Å²) in [5.74, 6) is 1.99. The van der Waals surface area contributed by atoms with Gasteiger partial charge in [-0.15, -0.1) is 0 Å². The smallest absolute Gasteiger partial charge is 0.120 e. The Hall–Kier alpha value is -1.29. The molecule has 17 heavy (non-hydrogen) atoms. The third-order valence-electron chi connectivity index (χ3n) is 2.51. The first-order chi connectivity index (χ1) is 8.29. The summed E-state index contributed by atoms with van der Waals surface area (Å²) in [5, 5.41) is 0. The van der Waals surface area contributed by atoms with Gasteiger partial charge >= 0.3 is 0 Å². The van der Waals surface area contributed by atoms with E-state index in [1.807, 2.05) is 36.7 Å². The lowest BCUT2D eigenvalue weighted by Gasteiger charge is -2.08. The van der Waals surface area contributed by atoms with E-state index in [0.717, 1.165) is 29.0 Å². The van der Waals surface area contributed by atoms with E-state index in [9.17, 15) is 0 Å². The number of nitrogens with zero attached hydrogens (tertiary/aromatic N) is 2. The summed E-state index contributed by atoms with van der Waals surface area (Å²) >= 11 is 3.42. The number of hydrogen-bond donors (Lipinski definition) is 0. The van der Waals surface area contributed by atoms with Gasteiger partial charge in [-0.3, -0.25) is 0 Å². The van der Waals surface area contributed by atoms with E-state index in [0.29, 0.717) is 6.61 Å². The molecular weight excluding hydrogens is 280 g/mol. The van der Waals surface area contributed by atoms with Gasteiger partial charge in [-0.25, -0.2) is 4.98 Å². The molecule has 1 heterocycles. The van der Waals surface area contributed by atoms with Gasteiger partial charge in [0.2, 0.25) is 0 Å². The molecule has 0 fully saturated rings. The molecule has 90 valence electrons. The fourth-order valence-corrected chi connectivity index (χ4v) is 2.05. The Morgan fingerprint density at radius 2 is 2.29 bits per heavy atom. The molecule has 0 amide bonds. The summed E-state index contributed by atoms with van der Waals surface area (Å²) in [5.41, 5.74) is 0. The van der Waals surface area contributed by atoms with Gasteiger partial charge in [-0.05, 0) is 18.2 Å². The standard InChI is InChI=1S/C13H15BrN2O/c1-2-13-15-6-7-16(13)8-9-17-12-5-3-4-11(14)10-12/h3-7,10H,2,8-9H2,1H3. The summed E-state index contributed by atoms with van der Waals surface area (Å²) < 4.78 is 8.84. The molecule has 0 bridgehead atoms. The van der Waals surface area contributed by atoms with E-state index in [-0.39, 0.29) is 0 Å². The van der Waals surface area contributed by atoms with Crippen LogP contribution in [0.15, 0.2) is 41.1 Å². The van der Waals surface area contributed by atoms with Crippen molar-refractivity contribution in [2.24, 2.45) is 0 Å². The molecule has 0 saturated heterocycles. The lowest BCUT2D eigenvalue weighted by atomic mass is 10.3. The van der Waals surface area contributed by atoms with Gasteiger partial charge in [0.05, 0.1) is 6.54 Å². The van der Waals surface area contributed by atoms with Crippen molar-refractivity contribution in [1.82, 2.24) is 9.55 Å². The van der Waals surface area contributed by atoms with Crippen molar-refractivity contribution in [3.63, 3.8) is 0 Å². The van der Waals surface area contributed by atoms with Crippen LogP contribution in [0.5, 0.6) is 5.75 Å². The van der Waals surface area contributed by atoms with Crippen molar-refractivity contribution in [1.29, 1.82) is 0 Å². The molecule has 1 aromatic heterocycles. The number of ether oxygens (including phenoxy) is 1. The van der Waals surface area contributed by atoms with Crippen LogP contribution in [0.3, 0.4) is 0 Å². The van der Waals surface area contributed by atoms with Gasteiger partial charge in [0, 0.05) is 23.3 Å². The molecule has 4 heteroatoms. The van der Waals surface area contributed by atoms with E-state index in [1.165, 1.54) is 0 Å². The summed E-state index contributed by atoms with van der Waals surface area (Å²) in [4.78, 5) is 4.27. The second-order valence-corrected chi connectivity index (χ2v) is 4.61.